The van der Waals surface area contributed by atoms with Gasteiger partial charge in [-0.25, -0.2) is 0 Å². The number of nitrogens with zero attached hydrogens (tertiary/aromatic N) is 1. The van der Waals surface area contributed by atoms with Crippen molar-refractivity contribution < 1.29 is 9.53 Å². The molecule has 3 N–H and O–H groups in total. The van der Waals surface area contributed by atoms with E-state index in [0.29, 0.717) is 26.2 Å². The number of hydrogen-bond acceptors (Lipinski definition) is 4. The Balaban J connectivity index is 2.80. The van der Waals surface area contributed by atoms with Crippen LogP contribution in [0.1, 0.15) is 25.0 Å². The average Bonchev–Trinajstić information content (AvgIpc) is 2.46. The number of amides is 1. The number of ether oxygens (including phenoxy) is 1. The zero-order valence-electron chi connectivity index (χ0n) is 12.6. The number of likely N-dealkylation sites (N-methyl/N-ethyl adjacent to an activating group) is 2. The van der Waals surface area contributed by atoms with Crippen LogP contribution in [0.15, 0.2) is 18.2 Å². The summed E-state index contributed by atoms with van der Waals surface area (Å²) in [6, 6.07) is 5.93. The Bertz CT molecular complexity index is 435. The van der Waals surface area contributed by atoms with Crippen molar-refractivity contribution in [3.63, 3.8) is 0 Å². The molecule has 20 heavy (non-hydrogen) atoms. The number of nitrogens with one attached hydrogen (secondary N) is 1. The number of carbonyl (C=O) groups excluding carboxylic acids is 1. The maximum Gasteiger partial charge on any atom is 0.234 e. The van der Waals surface area contributed by atoms with E-state index in [0.717, 1.165) is 23.4 Å². The highest BCUT2D eigenvalue weighted by molar-refractivity contribution is 5.77. The van der Waals surface area contributed by atoms with Crippen LogP contribution in [0, 0.1) is 0 Å². The second-order valence-corrected chi connectivity index (χ2v) is 4.61. The van der Waals surface area contributed by atoms with Crippen LogP contribution in [0.5, 0.6) is 5.75 Å². The van der Waals surface area contributed by atoms with Crippen LogP contribution in [-0.4, -0.2) is 37.6 Å². The van der Waals surface area contributed by atoms with Crippen molar-refractivity contribution in [1.82, 2.24) is 10.2 Å². The lowest BCUT2D eigenvalue weighted by Crippen LogP contribution is -2.36. The summed E-state index contributed by atoms with van der Waals surface area (Å²) in [5.74, 6) is 0.875. The van der Waals surface area contributed by atoms with Crippen molar-refractivity contribution in [3.05, 3.63) is 29.3 Å². The van der Waals surface area contributed by atoms with E-state index in [9.17, 15) is 4.79 Å². The molecule has 0 aliphatic rings. The first kappa shape index (κ1) is 16.5. The van der Waals surface area contributed by atoms with Crippen LogP contribution in [0.25, 0.3) is 0 Å². The van der Waals surface area contributed by atoms with Crippen LogP contribution < -0.4 is 15.8 Å². The summed E-state index contributed by atoms with van der Waals surface area (Å²) in [5.41, 5.74) is 7.80. The fraction of sp³-hybridized carbons (Fsp3) is 0.533. The molecule has 0 bridgehead atoms. The highest BCUT2D eigenvalue weighted by atomic mass is 16.5. The summed E-state index contributed by atoms with van der Waals surface area (Å²) in [6.07, 6.45) is 0. The normalized spacial score (nSPS) is 10.7. The molecule has 1 aromatic carbocycles. The third-order valence-electron chi connectivity index (χ3n) is 3.16. The number of methoxy groups -OCH3 is 1. The van der Waals surface area contributed by atoms with Gasteiger partial charge in [0.2, 0.25) is 5.91 Å². The molecule has 1 rings (SSSR count). The van der Waals surface area contributed by atoms with E-state index >= 15 is 0 Å². The zero-order chi connectivity index (χ0) is 15.0. The lowest BCUT2D eigenvalue weighted by Gasteiger charge is -2.21. The number of nitrogens with two attached hydrogens (primary N) is 1. The second kappa shape index (κ2) is 8.55. The fourth-order valence-electron chi connectivity index (χ4n) is 2.06. The van der Waals surface area contributed by atoms with Gasteiger partial charge in [-0.15, -0.1) is 0 Å². The Morgan fingerprint density at radius 3 is 2.70 bits per heavy atom. The summed E-state index contributed by atoms with van der Waals surface area (Å²) in [7, 11) is 1.65. The molecule has 0 unspecified atom stereocenters. The molecule has 1 amide bonds. The van der Waals surface area contributed by atoms with Crippen molar-refractivity contribution in [2.75, 3.05) is 26.7 Å². The van der Waals surface area contributed by atoms with E-state index in [4.69, 9.17) is 10.5 Å². The Labute approximate surface area is 121 Å². The second-order valence-electron chi connectivity index (χ2n) is 4.61. The molecule has 0 fully saturated rings. The highest BCUT2D eigenvalue weighted by Gasteiger charge is 2.12. The minimum Gasteiger partial charge on any atom is -0.496 e. The first-order valence-electron chi connectivity index (χ1n) is 6.99. The van der Waals surface area contributed by atoms with Crippen LogP contribution in [0.3, 0.4) is 0 Å². The van der Waals surface area contributed by atoms with Crippen LogP contribution in [-0.2, 0) is 17.9 Å². The monoisotopic (exact) mass is 279 g/mol. The van der Waals surface area contributed by atoms with Crippen molar-refractivity contribution in [1.29, 1.82) is 0 Å². The van der Waals surface area contributed by atoms with Crippen LogP contribution in [0.4, 0.5) is 0 Å². The van der Waals surface area contributed by atoms with Gasteiger partial charge in [0.05, 0.1) is 13.7 Å². The maximum absolute atomic E-state index is 11.7. The molecule has 0 saturated carbocycles. The van der Waals surface area contributed by atoms with Gasteiger partial charge in [-0.05, 0) is 31.2 Å². The summed E-state index contributed by atoms with van der Waals surface area (Å²) >= 11 is 0. The van der Waals surface area contributed by atoms with E-state index < -0.39 is 0 Å². The van der Waals surface area contributed by atoms with Crippen molar-refractivity contribution in [2.24, 2.45) is 5.73 Å². The Morgan fingerprint density at radius 1 is 1.40 bits per heavy atom. The molecule has 0 heterocycles. The number of rotatable bonds is 8. The van der Waals surface area contributed by atoms with Gasteiger partial charge in [0.1, 0.15) is 5.75 Å². The fourth-order valence-corrected chi connectivity index (χ4v) is 2.06. The van der Waals surface area contributed by atoms with Gasteiger partial charge < -0.3 is 15.8 Å². The van der Waals surface area contributed by atoms with Crippen LogP contribution in [0.2, 0.25) is 0 Å². The van der Waals surface area contributed by atoms with Crippen molar-refractivity contribution >= 4 is 5.91 Å². The van der Waals surface area contributed by atoms with E-state index in [1.807, 2.05) is 32.0 Å². The Hall–Kier alpha value is -1.59. The number of benzene rings is 1. The topological polar surface area (TPSA) is 67.6 Å². The van der Waals surface area contributed by atoms with Gasteiger partial charge in [-0.2, -0.15) is 0 Å². The van der Waals surface area contributed by atoms with Gasteiger partial charge >= 0.3 is 0 Å². The molecule has 0 aliphatic heterocycles. The molecule has 5 nitrogen and oxygen atoms in total. The minimum absolute atomic E-state index is 0.0447. The zero-order valence-corrected chi connectivity index (χ0v) is 12.6. The smallest absolute Gasteiger partial charge is 0.234 e. The Kier molecular flexibility index (Phi) is 7.04. The maximum atomic E-state index is 11.7. The minimum atomic E-state index is 0.0447. The summed E-state index contributed by atoms with van der Waals surface area (Å²) in [5, 5.41) is 2.82. The van der Waals surface area contributed by atoms with Gasteiger partial charge in [0.15, 0.2) is 0 Å². The molecule has 0 aliphatic carbocycles. The molecule has 0 radical (unpaired) electrons. The molecule has 0 spiro atoms. The third-order valence-corrected chi connectivity index (χ3v) is 3.16. The predicted octanol–water partition coefficient (Wildman–Crippen LogP) is 1.11. The van der Waals surface area contributed by atoms with E-state index in [1.165, 1.54) is 0 Å². The number of carbonyl (C=O) groups is 1. The first-order valence-corrected chi connectivity index (χ1v) is 6.99. The SMILES string of the molecule is CCNC(=O)CN(CC)Cc1cc(CN)ccc1OC. The summed E-state index contributed by atoms with van der Waals surface area (Å²) in [6.45, 7) is 6.97. The molecule has 1 aromatic rings. The molecule has 0 aromatic heterocycles. The standard InChI is InChI=1S/C15H25N3O2/c1-4-17-15(19)11-18(5-2)10-13-8-12(9-16)6-7-14(13)20-3/h6-8H,4-5,9-11,16H2,1-3H3,(H,17,19). The van der Waals surface area contributed by atoms with E-state index in [2.05, 4.69) is 10.2 Å². The van der Waals surface area contributed by atoms with E-state index in [1.54, 1.807) is 7.11 Å². The van der Waals surface area contributed by atoms with Crippen molar-refractivity contribution in [2.45, 2.75) is 26.9 Å². The largest absolute Gasteiger partial charge is 0.496 e. The van der Waals surface area contributed by atoms with Crippen molar-refractivity contribution in [3.8, 4) is 5.75 Å². The van der Waals surface area contributed by atoms with E-state index in [-0.39, 0.29) is 5.91 Å². The first-order chi connectivity index (χ1) is 9.64. The molecule has 5 heteroatoms. The number of hydrogen-bond donors (Lipinski definition) is 2. The predicted molar refractivity (Wildman–Crippen MR) is 80.5 cm³/mol. The summed E-state index contributed by atoms with van der Waals surface area (Å²) < 4.78 is 5.37. The average molecular weight is 279 g/mol. The molecule has 0 atom stereocenters. The quantitative estimate of drug-likeness (QED) is 0.748. The lowest BCUT2D eigenvalue weighted by atomic mass is 10.1. The molecular weight excluding hydrogens is 254 g/mol. The lowest BCUT2D eigenvalue weighted by molar-refractivity contribution is -0.122. The third kappa shape index (κ3) is 4.83. The Morgan fingerprint density at radius 2 is 2.15 bits per heavy atom. The summed E-state index contributed by atoms with van der Waals surface area (Å²) in [4.78, 5) is 13.7. The van der Waals surface area contributed by atoms with Gasteiger partial charge in [-0.3, -0.25) is 9.69 Å². The van der Waals surface area contributed by atoms with Crippen LogP contribution >= 0.6 is 0 Å². The molecular formula is C15H25N3O2. The molecule has 112 valence electrons. The highest BCUT2D eigenvalue weighted by Crippen LogP contribution is 2.21. The molecule has 0 saturated heterocycles. The van der Waals surface area contributed by atoms with Gasteiger partial charge in [-0.1, -0.05) is 13.0 Å². The van der Waals surface area contributed by atoms with Gasteiger partial charge in [0.25, 0.3) is 0 Å². The van der Waals surface area contributed by atoms with Gasteiger partial charge in [0, 0.05) is 25.2 Å².